The molecule has 2 aromatic rings. The lowest BCUT2D eigenvalue weighted by atomic mass is 10.0. The van der Waals surface area contributed by atoms with Crippen molar-refractivity contribution in [2.45, 2.75) is 19.4 Å². The first kappa shape index (κ1) is 17.2. The first-order valence-electron chi connectivity index (χ1n) is 7.37. The average Bonchev–Trinajstić information content (AvgIpc) is 3.09. The third-order valence-electron chi connectivity index (χ3n) is 3.44. The topological polar surface area (TPSA) is 67.4 Å². The number of thiophene rings is 1. The highest BCUT2D eigenvalue weighted by atomic mass is 32.1. The quantitative estimate of drug-likeness (QED) is 0.853. The monoisotopic (exact) mass is 332 g/mol. The van der Waals surface area contributed by atoms with Crippen molar-refractivity contribution in [2.24, 2.45) is 0 Å². The van der Waals surface area contributed by atoms with Gasteiger partial charge < -0.3 is 4.74 Å². The summed E-state index contributed by atoms with van der Waals surface area (Å²) in [5.41, 5.74) is 2.35. The minimum absolute atomic E-state index is 0.0210. The normalized spacial score (nSPS) is 11.7. The van der Waals surface area contributed by atoms with Crippen LogP contribution in [0.1, 0.15) is 29.0 Å². The zero-order valence-electron chi connectivity index (χ0n) is 13.2. The summed E-state index contributed by atoms with van der Waals surface area (Å²) in [5.74, 6) is -0.427. The van der Waals surface area contributed by atoms with Crippen molar-refractivity contribution in [1.82, 2.24) is 10.6 Å². The van der Waals surface area contributed by atoms with Crippen LogP contribution < -0.4 is 10.6 Å². The van der Waals surface area contributed by atoms with Crippen LogP contribution in [0.3, 0.4) is 0 Å². The standard InChI is InChI=1S/C17H20N2O3S/c1-3-12-6-8-13(9-7-12)16(14-5-4-10-23-14)18-11-15(20)19-17(21)22-2/h4-10,16,18H,3,11H2,1-2H3,(H,19,20,21)/t16-/m1/s1. The summed E-state index contributed by atoms with van der Waals surface area (Å²) >= 11 is 1.62. The van der Waals surface area contributed by atoms with E-state index in [9.17, 15) is 9.59 Å². The number of carbonyl (C=O) groups excluding carboxylic acids is 2. The number of rotatable bonds is 6. The molecule has 0 saturated carbocycles. The maximum atomic E-state index is 11.7. The fourth-order valence-electron chi connectivity index (χ4n) is 2.19. The van der Waals surface area contributed by atoms with Crippen molar-refractivity contribution in [3.8, 4) is 0 Å². The molecule has 0 saturated heterocycles. The molecule has 0 fully saturated rings. The van der Waals surface area contributed by atoms with E-state index in [-0.39, 0.29) is 12.6 Å². The van der Waals surface area contributed by atoms with E-state index in [1.807, 2.05) is 17.5 Å². The molecule has 0 radical (unpaired) electrons. The number of hydrogen-bond acceptors (Lipinski definition) is 5. The van der Waals surface area contributed by atoms with Crippen LogP contribution in [0.15, 0.2) is 41.8 Å². The molecule has 0 bridgehead atoms. The van der Waals surface area contributed by atoms with Crippen LogP contribution in [0.25, 0.3) is 0 Å². The molecule has 1 atom stereocenters. The van der Waals surface area contributed by atoms with Gasteiger partial charge in [-0.15, -0.1) is 11.3 Å². The van der Waals surface area contributed by atoms with E-state index in [0.717, 1.165) is 16.9 Å². The van der Waals surface area contributed by atoms with Crippen molar-refractivity contribution in [1.29, 1.82) is 0 Å². The van der Waals surface area contributed by atoms with Gasteiger partial charge in [0.25, 0.3) is 0 Å². The van der Waals surface area contributed by atoms with Crippen LogP contribution in [-0.4, -0.2) is 25.7 Å². The number of hydrogen-bond donors (Lipinski definition) is 2. The summed E-state index contributed by atoms with van der Waals surface area (Å²) in [7, 11) is 1.22. The van der Waals surface area contributed by atoms with Crippen LogP contribution in [0.4, 0.5) is 4.79 Å². The van der Waals surface area contributed by atoms with E-state index in [0.29, 0.717) is 0 Å². The Morgan fingerprint density at radius 3 is 2.52 bits per heavy atom. The van der Waals surface area contributed by atoms with Crippen molar-refractivity contribution in [2.75, 3.05) is 13.7 Å². The van der Waals surface area contributed by atoms with Gasteiger partial charge in [-0.2, -0.15) is 0 Å². The highest BCUT2D eigenvalue weighted by Gasteiger charge is 2.17. The fraction of sp³-hybridized carbons (Fsp3) is 0.294. The van der Waals surface area contributed by atoms with E-state index in [1.165, 1.54) is 12.7 Å². The molecule has 2 rings (SSSR count). The number of aryl methyl sites for hydroxylation is 1. The number of methoxy groups -OCH3 is 1. The zero-order valence-corrected chi connectivity index (χ0v) is 14.0. The Hall–Kier alpha value is -2.18. The lowest BCUT2D eigenvalue weighted by Crippen LogP contribution is -2.39. The van der Waals surface area contributed by atoms with E-state index in [1.54, 1.807) is 11.3 Å². The van der Waals surface area contributed by atoms with Crippen LogP contribution in [0.2, 0.25) is 0 Å². The first-order valence-corrected chi connectivity index (χ1v) is 8.25. The summed E-state index contributed by atoms with van der Waals surface area (Å²) in [6, 6.07) is 12.2. The second-order valence-electron chi connectivity index (χ2n) is 4.96. The third kappa shape index (κ3) is 4.91. The van der Waals surface area contributed by atoms with Gasteiger partial charge >= 0.3 is 6.09 Å². The Labute approximate surface area is 139 Å². The minimum atomic E-state index is -0.753. The molecule has 1 aromatic heterocycles. The molecule has 6 heteroatoms. The maximum Gasteiger partial charge on any atom is 0.413 e. The Bertz CT molecular complexity index is 638. The summed E-state index contributed by atoms with van der Waals surface area (Å²) < 4.78 is 4.41. The number of amides is 2. The SMILES string of the molecule is CCc1ccc([C@@H](NCC(=O)NC(=O)OC)c2cccs2)cc1. The molecule has 0 aliphatic heterocycles. The first-order chi connectivity index (χ1) is 11.1. The maximum absolute atomic E-state index is 11.7. The van der Waals surface area contributed by atoms with Gasteiger partial charge in [-0.25, -0.2) is 4.79 Å². The summed E-state index contributed by atoms with van der Waals surface area (Å²) in [5, 5.41) is 7.34. The van der Waals surface area contributed by atoms with Gasteiger partial charge in [0.15, 0.2) is 0 Å². The van der Waals surface area contributed by atoms with E-state index in [2.05, 4.69) is 46.6 Å². The second kappa shape index (κ2) is 8.45. The zero-order chi connectivity index (χ0) is 16.7. The molecular weight excluding hydrogens is 312 g/mol. The van der Waals surface area contributed by atoms with Gasteiger partial charge in [-0.3, -0.25) is 15.4 Å². The molecule has 2 amide bonds. The smallest absolute Gasteiger partial charge is 0.413 e. The fourth-order valence-corrected chi connectivity index (χ4v) is 3.01. The molecule has 0 aliphatic carbocycles. The Morgan fingerprint density at radius 1 is 1.22 bits per heavy atom. The lowest BCUT2D eigenvalue weighted by molar-refractivity contribution is -0.119. The molecule has 1 heterocycles. The average molecular weight is 332 g/mol. The highest BCUT2D eigenvalue weighted by Crippen LogP contribution is 2.26. The lowest BCUT2D eigenvalue weighted by Gasteiger charge is -2.18. The molecule has 5 nitrogen and oxygen atoms in total. The van der Waals surface area contributed by atoms with Crippen molar-refractivity contribution in [3.05, 3.63) is 57.8 Å². The van der Waals surface area contributed by atoms with Crippen molar-refractivity contribution in [3.63, 3.8) is 0 Å². The molecule has 2 N–H and O–H groups in total. The molecule has 122 valence electrons. The Kier molecular flexibility index (Phi) is 6.31. The molecule has 0 unspecified atom stereocenters. The van der Waals surface area contributed by atoms with Crippen molar-refractivity contribution < 1.29 is 14.3 Å². The predicted octanol–water partition coefficient (Wildman–Crippen LogP) is 2.87. The van der Waals surface area contributed by atoms with E-state index >= 15 is 0 Å². The molecule has 0 spiro atoms. The predicted molar refractivity (Wildman–Crippen MR) is 90.5 cm³/mol. The Balaban J connectivity index is 2.09. The van der Waals surface area contributed by atoms with Gasteiger partial charge in [-0.05, 0) is 29.0 Å². The van der Waals surface area contributed by atoms with Crippen LogP contribution in [0.5, 0.6) is 0 Å². The molecular formula is C17H20N2O3S. The molecule has 23 heavy (non-hydrogen) atoms. The second-order valence-corrected chi connectivity index (χ2v) is 5.94. The number of alkyl carbamates (subject to hydrolysis) is 1. The molecule has 1 aromatic carbocycles. The summed E-state index contributed by atoms with van der Waals surface area (Å²) in [4.78, 5) is 23.9. The van der Waals surface area contributed by atoms with E-state index < -0.39 is 12.0 Å². The number of ether oxygens (including phenoxy) is 1. The van der Waals surface area contributed by atoms with Crippen LogP contribution >= 0.6 is 11.3 Å². The minimum Gasteiger partial charge on any atom is -0.453 e. The highest BCUT2D eigenvalue weighted by molar-refractivity contribution is 7.10. The third-order valence-corrected chi connectivity index (χ3v) is 4.38. The largest absolute Gasteiger partial charge is 0.453 e. The van der Waals surface area contributed by atoms with E-state index in [4.69, 9.17) is 0 Å². The van der Waals surface area contributed by atoms with Crippen LogP contribution in [-0.2, 0) is 16.0 Å². The van der Waals surface area contributed by atoms with Gasteiger partial charge in [0.05, 0.1) is 19.7 Å². The van der Waals surface area contributed by atoms with Gasteiger partial charge in [0, 0.05) is 4.88 Å². The van der Waals surface area contributed by atoms with Crippen LogP contribution in [0, 0.1) is 0 Å². The number of imide groups is 1. The van der Waals surface area contributed by atoms with Gasteiger partial charge in [0.1, 0.15) is 0 Å². The van der Waals surface area contributed by atoms with Gasteiger partial charge in [0.2, 0.25) is 5.91 Å². The van der Waals surface area contributed by atoms with Gasteiger partial charge in [-0.1, -0.05) is 37.3 Å². The number of nitrogens with one attached hydrogen (secondary N) is 2. The number of carbonyl (C=O) groups is 2. The number of benzene rings is 1. The Morgan fingerprint density at radius 2 is 1.96 bits per heavy atom. The molecule has 0 aliphatic rings. The summed E-state index contributed by atoms with van der Waals surface area (Å²) in [6.45, 7) is 2.13. The van der Waals surface area contributed by atoms with Crippen molar-refractivity contribution >= 4 is 23.3 Å². The summed E-state index contributed by atoms with van der Waals surface area (Å²) in [6.07, 6.45) is 0.232.